The predicted octanol–water partition coefficient (Wildman–Crippen LogP) is 4.21. The van der Waals surface area contributed by atoms with Crippen molar-refractivity contribution in [3.63, 3.8) is 0 Å². The van der Waals surface area contributed by atoms with E-state index in [-0.39, 0.29) is 30.0 Å². The Bertz CT molecular complexity index is 918. The van der Waals surface area contributed by atoms with E-state index in [1.807, 2.05) is 0 Å². The number of Topliss-reactive ketones (excluding diaryl/α,β-unsaturated/α-hetero) is 1. The molecule has 176 valence electrons. The number of hydrogen-bond acceptors (Lipinski definition) is 7. The molecule has 8 heteroatoms. The zero-order valence-corrected chi connectivity index (χ0v) is 21.1. The molecule has 0 saturated heterocycles. The van der Waals surface area contributed by atoms with Crippen molar-refractivity contribution in [2.45, 2.75) is 82.7 Å². The molecule has 0 aromatic heterocycles. The molecule has 3 rings (SSSR count). The standard InChI is InChI=1S/C24H34O7Si/c1-15(26)29-13-12-24-19(27)11-10-18(31-32(6,7)23(2,3)4)22(24)30-21-17(28-5)9-8-16(14-25)20(21)24/h8-9,14,18,22H,10-13H2,1-7H3/t18-,22+,24+/m0/s1. The zero-order chi connectivity index (χ0) is 23.9. The van der Waals surface area contributed by atoms with Crippen molar-refractivity contribution < 1.29 is 33.0 Å². The van der Waals surface area contributed by atoms with Crippen LogP contribution < -0.4 is 9.47 Å². The fourth-order valence-electron chi connectivity index (χ4n) is 4.56. The van der Waals surface area contributed by atoms with Crippen molar-refractivity contribution >= 4 is 26.4 Å². The van der Waals surface area contributed by atoms with Gasteiger partial charge in [0.05, 0.1) is 19.8 Å². The summed E-state index contributed by atoms with van der Waals surface area (Å²) in [6.07, 6.45) is 0.838. The average Bonchev–Trinajstić information content (AvgIpc) is 3.06. The van der Waals surface area contributed by atoms with Gasteiger partial charge in [-0.3, -0.25) is 14.4 Å². The summed E-state index contributed by atoms with van der Waals surface area (Å²) in [7, 11) is -0.655. The first kappa shape index (κ1) is 24.4. The van der Waals surface area contributed by atoms with Gasteiger partial charge in [-0.05, 0) is 36.7 Å². The van der Waals surface area contributed by atoms with Crippen LogP contribution in [0.3, 0.4) is 0 Å². The van der Waals surface area contributed by atoms with E-state index >= 15 is 0 Å². The highest BCUT2D eigenvalue weighted by Crippen LogP contribution is 2.56. The normalized spacial score (nSPS) is 24.9. The third kappa shape index (κ3) is 3.99. The summed E-state index contributed by atoms with van der Waals surface area (Å²) >= 11 is 0. The number of benzene rings is 1. The number of fused-ring (bicyclic) bond motifs is 3. The Morgan fingerprint density at radius 1 is 1.31 bits per heavy atom. The van der Waals surface area contributed by atoms with Gasteiger partial charge in [-0.15, -0.1) is 0 Å². The maximum atomic E-state index is 13.6. The molecule has 1 fully saturated rings. The van der Waals surface area contributed by atoms with E-state index in [2.05, 4.69) is 33.9 Å². The molecule has 0 N–H and O–H groups in total. The summed E-state index contributed by atoms with van der Waals surface area (Å²) in [4.78, 5) is 37.0. The van der Waals surface area contributed by atoms with Gasteiger partial charge in [0.2, 0.25) is 0 Å². The van der Waals surface area contributed by atoms with Gasteiger partial charge >= 0.3 is 5.97 Å². The molecule has 2 aliphatic rings. The van der Waals surface area contributed by atoms with Crippen molar-refractivity contribution in [2.75, 3.05) is 13.7 Å². The van der Waals surface area contributed by atoms with E-state index in [1.54, 1.807) is 12.1 Å². The van der Waals surface area contributed by atoms with Gasteiger partial charge in [0.1, 0.15) is 17.3 Å². The Hall–Kier alpha value is -2.19. The molecule has 1 heterocycles. The second-order valence-electron chi connectivity index (χ2n) is 10.2. The summed E-state index contributed by atoms with van der Waals surface area (Å²) < 4.78 is 23.9. The van der Waals surface area contributed by atoms with Crippen LogP contribution in [0.5, 0.6) is 11.5 Å². The average molecular weight is 463 g/mol. The van der Waals surface area contributed by atoms with E-state index in [9.17, 15) is 14.4 Å². The van der Waals surface area contributed by atoms with Gasteiger partial charge in [-0.2, -0.15) is 0 Å². The van der Waals surface area contributed by atoms with Crippen LogP contribution in [0.4, 0.5) is 0 Å². The SMILES string of the molecule is COc1ccc(C=O)c2c1O[C@@H]1[C@@H](O[Si](C)(C)C(C)(C)C)CCC(=O)[C@]21CCOC(C)=O. The third-order valence-corrected chi connectivity index (χ3v) is 11.7. The molecule has 0 spiro atoms. The van der Waals surface area contributed by atoms with Crippen molar-refractivity contribution in [2.24, 2.45) is 0 Å². The second-order valence-corrected chi connectivity index (χ2v) is 14.9. The highest BCUT2D eigenvalue weighted by molar-refractivity contribution is 6.74. The van der Waals surface area contributed by atoms with Crippen LogP contribution in [0.15, 0.2) is 12.1 Å². The summed E-state index contributed by atoms with van der Waals surface area (Å²) in [5, 5.41) is -0.0219. The van der Waals surface area contributed by atoms with E-state index in [4.69, 9.17) is 18.6 Å². The van der Waals surface area contributed by atoms with Crippen molar-refractivity contribution in [1.82, 2.24) is 0 Å². The molecule has 0 bridgehead atoms. The molecule has 32 heavy (non-hydrogen) atoms. The van der Waals surface area contributed by atoms with Gasteiger partial charge in [-0.1, -0.05) is 20.8 Å². The summed E-state index contributed by atoms with van der Waals surface area (Å²) in [6, 6.07) is 3.32. The van der Waals surface area contributed by atoms with Crippen LogP contribution >= 0.6 is 0 Å². The first-order chi connectivity index (χ1) is 14.9. The van der Waals surface area contributed by atoms with E-state index < -0.39 is 25.8 Å². The molecule has 1 aliphatic carbocycles. The fourth-order valence-corrected chi connectivity index (χ4v) is 5.91. The predicted molar refractivity (Wildman–Crippen MR) is 122 cm³/mol. The topological polar surface area (TPSA) is 88.1 Å². The molecule has 3 atom stereocenters. The Kier molecular flexibility index (Phi) is 6.59. The number of hydrogen-bond donors (Lipinski definition) is 0. The van der Waals surface area contributed by atoms with Crippen LogP contribution in [0.2, 0.25) is 18.1 Å². The molecule has 0 radical (unpaired) electrons. The molecule has 1 aromatic carbocycles. The van der Waals surface area contributed by atoms with Gasteiger partial charge in [-0.25, -0.2) is 0 Å². The maximum absolute atomic E-state index is 13.6. The highest BCUT2D eigenvalue weighted by Gasteiger charge is 2.62. The number of ether oxygens (including phenoxy) is 3. The van der Waals surface area contributed by atoms with Crippen LogP contribution in [0.25, 0.3) is 0 Å². The minimum absolute atomic E-state index is 0.0219. The largest absolute Gasteiger partial charge is 0.493 e. The summed E-state index contributed by atoms with van der Waals surface area (Å²) in [6.45, 7) is 12.2. The molecule has 1 aromatic rings. The third-order valence-electron chi connectivity index (χ3n) is 7.22. The summed E-state index contributed by atoms with van der Waals surface area (Å²) in [5.41, 5.74) is -0.231. The van der Waals surface area contributed by atoms with Crippen molar-refractivity contribution in [3.05, 3.63) is 23.3 Å². The molecule has 0 unspecified atom stereocenters. The van der Waals surface area contributed by atoms with Crippen molar-refractivity contribution in [3.8, 4) is 11.5 Å². The quantitative estimate of drug-likeness (QED) is 0.341. The van der Waals surface area contributed by atoms with E-state index in [0.717, 1.165) is 6.29 Å². The number of carbonyl (C=O) groups is 3. The first-order valence-electron chi connectivity index (χ1n) is 11.1. The van der Waals surface area contributed by atoms with Crippen LogP contribution in [-0.2, 0) is 24.2 Å². The minimum atomic E-state index is -2.18. The Balaban J connectivity index is 2.14. The molecule has 1 aliphatic heterocycles. The number of esters is 1. The van der Waals surface area contributed by atoms with Crippen LogP contribution in [0, 0.1) is 0 Å². The zero-order valence-electron chi connectivity index (χ0n) is 20.1. The number of carbonyl (C=O) groups excluding carboxylic acids is 3. The number of rotatable bonds is 7. The lowest BCUT2D eigenvalue weighted by molar-refractivity contribution is -0.145. The van der Waals surface area contributed by atoms with E-state index in [0.29, 0.717) is 35.5 Å². The smallest absolute Gasteiger partial charge is 0.302 e. The number of aldehydes is 1. The van der Waals surface area contributed by atoms with Gasteiger partial charge in [0.15, 0.2) is 26.1 Å². The van der Waals surface area contributed by atoms with Crippen LogP contribution in [0.1, 0.15) is 62.9 Å². The number of ketones is 1. The lowest BCUT2D eigenvalue weighted by Gasteiger charge is -2.46. The lowest BCUT2D eigenvalue weighted by atomic mass is 9.64. The Labute approximate surface area is 190 Å². The highest BCUT2D eigenvalue weighted by atomic mass is 28.4. The molecule has 7 nitrogen and oxygen atoms in total. The lowest BCUT2D eigenvalue weighted by Crippen LogP contribution is -2.59. The maximum Gasteiger partial charge on any atom is 0.302 e. The summed E-state index contributed by atoms with van der Waals surface area (Å²) in [5.74, 6) is 0.422. The molecule has 0 amide bonds. The van der Waals surface area contributed by atoms with Crippen LogP contribution in [-0.4, -0.2) is 52.3 Å². The van der Waals surface area contributed by atoms with E-state index in [1.165, 1.54) is 14.0 Å². The number of methoxy groups -OCH3 is 1. The molecule has 1 saturated carbocycles. The van der Waals surface area contributed by atoms with Gasteiger partial charge in [0.25, 0.3) is 0 Å². The van der Waals surface area contributed by atoms with Gasteiger partial charge in [0, 0.05) is 30.9 Å². The first-order valence-corrected chi connectivity index (χ1v) is 14.0. The van der Waals surface area contributed by atoms with Gasteiger partial charge < -0.3 is 18.6 Å². The Morgan fingerprint density at radius 2 is 2.00 bits per heavy atom. The Morgan fingerprint density at radius 3 is 2.56 bits per heavy atom. The minimum Gasteiger partial charge on any atom is -0.493 e. The molecular formula is C24H34O7Si. The fraction of sp³-hybridized carbons (Fsp3) is 0.625. The molecular weight excluding hydrogens is 428 g/mol. The monoisotopic (exact) mass is 462 g/mol. The second kappa shape index (κ2) is 8.63. The van der Waals surface area contributed by atoms with Crippen molar-refractivity contribution in [1.29, 1.82) is 0 Å².